The van der Waals surface area contributed by atoms with Crippen LogP contribution in [-0.2, 0) is 6.54 Å². The molecule has 1 N–H and O–H groups in total. The van der Waals surface area contributed by atoms with Gasteiger partial charge in [-0.05, 0) is 29.7 Å². The van der Waals surface area contributed by atoms with Crippen LogP contribution in [0.3, 0.4) is 0 Å². The lowest BCUT2D eigenvalue weighted by molar-refractivity contribution is -0.384. The van der Waals surface area contributed by atoms with E-state index in [0.717, 1.165) is 42.5 Å². The van der Waals surface area contributed by atoms with Crippen LogP contribution in [0.2, 0.25) is 0 Å². The van der Waals surface area contributed by atoms with Gasteiger partial charge in [0.2, 0.25) is 0 Å². The van der Waals surface area contributed by atoms with E-state index in [4.69, 9.17) is 9.47 Å². The van der Waals surface area contributed by atoms with Crippen LogP contribution in [0.4, 0.5) is 5.69 Å². The van der Waals surface area contributed by atoms with Crippen LogP contribution >= 0.6 is 24.0 Å². The second-order valence-electron chi connectivity index (χ2n) is 6.91. The Morgan fingerprint density at radius 1 is 1.23 bits per heavy atom. The van der Waals surface area contributed by atoms with Gasteiger partial charge in [-0.2, -0.15) is 0 Å². The van der Waals surface area contributed by atoms with E-state index in [1.54, 1.807) is 33.4 Å². The van der Waals surface area contributed by atoms with E-state index < -0.39 is 0 Å². The Hall–Kier alpha value is -2.56. The topological polar surface area (TPSA) is 89.2 Å². The van der Waals surface area contributed by atoms with E-state index in [1.165, 1.54) is 11.6 Å². The number of nitrogens with zero attached hydrogens (tertiary/aromatic N) is 3. The number of likely N-dealkylation sites (tertiary alicyclic amines) is 1. The highest BCUT2D eigenvalue weighted by atomic mass is 127. The summed E-state index contributed by atoms with van der Waals surface area (Å²) >= 11 is 0. The summed E-state index contributed by atoms with van der Waals surface area (Å²) in [5.41, 5.74) is 2.11. The largest absolute Gasteiger partial charge is 0.497 e. The number of nitro groups is 1. The Labute approximate surface area is 193 Å². The molecule has 0 radical (unpaired) electrons. The minimum absolute atomic E-state index is 0. The SMILES string of the molecule is CN=C(NCc1cccc([N+](=O)[O-])c1)N1CCC(c2cc(OC)cc(OC)c2)C1.I. The smallest absolute Gasteiger partial charge is 0.269 e. The number of aliphatic imine (C=N–C) groups is 1. The summed E-state index contributed by atoms with van der Waals surface area (Å²) in [6.45, 7) is 2.17. The molecule has 1 aliphatic heterocycles. The maximum Gasteiger partial charge on any atom is 0.269 e. The summed E-state index contributed by atoms with van der Waals surface area (Å²) in [5, 5.41) is 14.3. The van der Waals surface area contributed by atoms with E-state index in [2.05, 4.69) is 27.3 Å². The van der Waals surface area contributed by atoms with E-state index in [0.29, 0.717) is 12.5 Å². The van der Waals surface area contributed by atoms with Crippen molar-refractivity contribution in [1.29, 1.82) is 0 Å². The van der Waals surface area contributed by atoms with Crippen LogP contribution in [0, 0.1) is 10.1 Å². The van der Waals surface area contributed by atoms with Crippen molar-refractivity contribution in [2.24, 2.45) is 4.99 Å². The highest BCUT2D eigenvalue weighted by Gasteiger charge is 2.27. The molecule has 1 heterocycles. The molecule has 0 aliphatic carbocycles. The van der Waals surface area contributed by atoms with Crippen LogP contribution in [0.15, 0.2) is 47.5 Å². The molecular weight excluding hydrogens is 499 g/mol. The molecular formula is C21H27IN4O4. The van der Waals surface area contributed by atoms with Gasteiger partial charge in [0.15, 0.2) is 5.96 Å². The molecule has 2 aromatic rings. The number of non-ortho nitro benzene ring substituents is 1. The van der Waals surface area contributed by atoms with Crippen molar-refractivity contribution in [2.75, 3.05) is 34.4 Å². The predicted octanol–water partition coefficient (Wildman–Crippen LogP) is 3.79. The maximum absolute atomic E-state index is 11.0. The van der Waals surface area contributed by atoms with Crippen molar-refractivity contribution in [3.8, 4) is 11.5 Å². The summed E-state index contributed by atoms with van der Waals surface area (Å²) in [4.78, 5) is 17.2. The maximum atomic E-state index is 11.0. The van der Waals surface area contributed by atoms with Crippen molar-refractivity contribution in [3.63, 3.8) is 0 Å². The Bertz CT molecular complexity index is 884. The van der Waals surface area contributed by atoms with E-state index in [9.17, 15) is 10.1 Å². The van der Waals surface area contributed by atoms with Gasteiger partial charge in [-0.25, -0.2) is 0 Å². The molecule has 1 unspecified atom stereocenters. The predicted molar refractivity (Wildman–Crippen MR) is 127 cm³/mol. The van der Waals surface area contributed by atoms with Crippen LogP contribution in [0.25, 0.3) is 0 Å². The quantitative estimate of drug-likeness (QED) is 0.203. The Kier molecular flexibility index (Phi) is 8.70. The molecule has 0 amide bonds. The first-order valence-corrected chi connectivity index (χ1v) is 9.46. The fourth-order valence-corrected chi connectivity index (χ4v) is 3.58. The number of hydrogen-bond donors (Lipinski definition) is 1. The minimum atomic E-state index is -0.383. The van der Waals surface area contributed by atoms with E-state index in [1.807, 2.05) is 12.1 Å². The Balaban J connectivity index is 0.00000320. The van der Waals surface area contributed by atoms with Gasteiger partial charge in [0.05, 0.1) is 19.1 Å². The number of guanidine groups is 1. The summed E-state index contributed by atoms with van der Waals surface area (Å²) in [5.74, 6) is 2.70. The highest BCUT2D eigenvalue weighted by Crippen LogP contribution is 2.32. The van der Waals surface area contributed by atoms with Gasteiger partial charge >= 0.3 is 0 Å². The third-order valence-corrected chi connectivity index (χ3v) is 5.12. The molecule has 30 heavy (non-hydrogen) atoms. The average Bonchev–Trinajstić information content (AvgIpc) is 3.24. The molecule has 9 heteroatoms. The Morgan fingerprint density at radius 3 is 2.53 bits per heavy atom. The third kappa shape index (κ3) is 5.74. The van der Waals surface area contributed by atoms with Gasteiger partial charge in [-0.15, -0.1) is 24.0 Å². The summed E-state index contributed by atoms with van der Waals surface area (Å²) in [6, 6.07) is 12.6. The van der Waals surface area contributed by atoms with Crippen LogP contribution in [0.5, 0.6) is 11.5 Å². The first-order valence-electron chi connectivity index (χ1n) is 9.46. The molecule has 0 bridgehead atoms. The van der Waals surface area contributed by atoms with Crippen molar-refractivity contribution >= 4 is 35.6 Å². The fraction of sp³-hybridized carbons (Fsp3) is 0.381. The normalized spacial score (nSPS) is 16.0. The molecule has 1 aliphatic rings. The van der Waals surface area contributed by atoms with Gasteiger partial charge in [-0.3, -0.25) is 15.1 Å². The molecule has 0 spiro atoms. The zero-order valence-corrected chi connectivity index (χ0v) is 19.7. The van der Waals surface area contributed by atoms with Gasteiger partial charge in [0, 0.05) is 50.8 Å². The standard InChI is InChI=1S/C21H26N4O4.HI/c1-22-21(23-13-15-5-4-6-18(9-15)25(26)27)24-8-7-16(14-24)17-10-19(28-2)12-20(11-17)29-3;/h4-6,9-12,16H,7-8,13-14H2,1-3H3,(H,22,23);1H. The van der Waals surface area contributed by atoms with E-state index >= 15 is 0 Å². The van der Waals surface area contributed by atoms with E-state index in [-0.39, 0.29) is 34.6 Å². The van der Waals surface area contributed by atoms with Gasteiger partial charge < -0.3 is 19.7 Å². The van der Waals surface area contributed by atoms with Gasteiger partial charge in [-0.1, -0.05) is 12.1 Å². The molecule has 8 nitrogen and oxygen atoms in total. The lowest BCUT2D eigenvalue weighted by Gasteiger charge is -2.22. The lowest BCUT2D eigenvalue weighted by atomic mass is 9.98. The van der Waals surface area contributed by atoms with Crippen molar-refractivity contribution in [3.05, 3.63) is 63.7 Å². The lowest BCUT2D eigenvalue weighted by Crippen LogP contribution is -2.39. The molecule has 0 aromatic heterocycles. The number of rotatable bonds is 6. The molecule has 1 atom stereocenters. The summed E-state index contributed by atoms with van der Waals surface area (Å²) in [7, 11) is 5.05. The van der Waals surface area contributed by atoms with Crippen molar-refractivity contribution in [1.82, 2.24) is 10.2 Å². The fourth-order valence-electron chi connectivity index (χ4n) is 3.58. The highest BCUT2D eigenvalue weighted by molar-refractivity contribution is 14.0. The zero-order chi connectivity index (χ0) is 20.8. The molecule has 1 fully saturated rings. The molecule has 0 saturated carbocycles. The van der Waals surface area contributed by atoms with Crippen molar-refractivity contribution < 1.29 is 14.4 Å². The molecule has 2 aromatic carbocycles. The number of methoxy groups -OCH3 is 2. The minimum Gasteiger partial charge on any atom is -0.497 e. The number of hydrogen-bond acceptors (Lipinski definition) is 5. The number of benzene rings is 2. The van der Waals surface area contributed by atoms with Crippen LogP contribution < -0.4 is 14.8 Å². The summed E-state index contributed by atoms with van der Waals surface area (Å²) in [6.07, 6.45) is 0.994. The zero-order valence-electron chi connectivity index (χ0n) is 17.3. The first kappa shape index (κ1) is 23.7. The number of ether oxygens (including phenoxy) is 2. The second-order valence-corrected chi connectivity index (χ2v) is 6.91. The third-order valence-electron chi connectivity index (χ3n) is 5.12. The number of nitrogens with one attached hydrogen (secondary N) is 1. The van der Waals surface area contributed by atoms with Crippen LogP contribution in [-0.4, -0.2) is 50.1 Å². The molecule has 1 saturated heterocycles. The average molecular weight is 526 g/mol. The number of nitro benzene ring substituents is 1. The van der Waals surface area contributed by atoms with Crippen molar-refractivity contribution in [2.45, 2.75) is 18.9 Å². The number of halogens is 1. The van der Waals surface area contributed by atoms with Gasteiger partial charge in [0.25, 0.3) is 5.69 Å². The Morgan fingerprint density at radius 2 is 1.93 bits per heavy atom. The van der Waals surface area contributed by atoms with Gasteiger partial charge in [0.1, 0.15) is 11.5 Å². The summed E-state index contributed by atoms with van der Waals surface area (Å²) < 4.78 is 10.8. The monoisotopic (exact) mass is 526 g/mol. The first-order chi connectivity index (χ1) is 14.0. The van der Waals surface area contributed by atoms with Crippen LogP contribution in [0.1, 0.15) is 23.5 Å². The molecule has 3 rings (SSSR count). The molecule has 162 valence electrons. The second kappa shape index (κ2) is 11.0.